The molecule has 53 heavy (non-hydrogen) atoms. The zero-order valence-electron chi connectivity index (χ0n) is 31.1. The SMILES string of the molecule is CCc1cccc2cc(O)cc(-c3ncc4c(N5CC6CCC(C5)N6)nc(OCCN5CC6CN(c7cc(C(C)C(C)C)on7)CC6C5)nc4c3F)c12. The monoisotopic (exact) mass is 720 g/mol. The van der Waals surface area contributed by atoms with E-state index in [1.54, 1.807) is 18.3 Å². The lowest BCUT2D eigenvalue weighted by Gasteiger charge is -2.34. The second kappa shape index (κ2) is 13.7. The van der Waals surface area contributed by atoms with Crippen molar-refractivity contribution in [3.63, 3.8) is 0 Å². The molecule has 11 nitrogen and oxygen atoms in total. The van der Waals surface area contributed by atoms with Gasteiger partial charge in [0.25, 0.3) is 0 Å². The number of nitrogens with one attached hydrogen (secondary N) is 1. The second-order valence-electron chi connectivity index (χ2n) is 16.1. The number of phenolic OH excluding ortho intramolecular Hbond substituents is 1. The van der Waals surface area contributed by atoms with Crippen LogP contribution in [0.1, 0.15) is 57.8 Å². The maximum Gasteiger partial charge on any atom is 0.319 e. The Hall–Kier alpha value is -4.55. The average molecular weight is 721 g/mol. The number of aryl methyl sites for hydroxylation is 1. The van der Waals surface area contributed by atoms with Gasteiger partial charge in [-0.15, -0.1) is 0 Å². The third-order valence-electron chi connectivity index (χ3n) is 12.3. The number of ether oxygens (including phenoxy) is 1. The molecule has 2 N–H and O–H groups in total. The number of aromatic nitrogens is 4. The molecule has 4 aliphatic heterocycles. The highest BCUT2D eigenvalue weighted by Crippen LogP contribution is 2.40. The number of benzene rings is 2. The standard InChI is InChI=1S/C41H49FN8O3/c1-5-25-7-6-8-26-13-31(51)14-32(36(25)26)38-37(42)39-33(16-43-38)40(50-21-29-9-10-30(22-50)44-29)46-41(45-39)52-12-11-48-17-27-19-49(20-28(27)18-48)35-15-34(53-47-35)24(4)23(2)3/h6-8,13-16,23-24,27-30,44,51H,5,9-12,17-22H2,1-4H3. The molecule has 5 atom stereocenters. The summed E-state index contributed by atoms with van der Waals surface area (Å²) in [6.07, 6.45) is 4.68. The largest absolute Gasteiger partial charge is 0.508 e. The Bertz CT molecular complexity index is 2130. The van der Waals surface area contributed by atoms with E-state index in [-0.39, 0.29) is 23.0 Å². The molecule has 0 amide bonds. The first-order valence-electron chi connectivity index (χ1n) is 19.4. The molecule has 0 saturated carbocycles. The fourth-order valence-electron chi connectivity index (χ4n) is 9.15. The number of hydrogen-bond donors (Lipinski definition) is 2. The Morgan fingerprint density at radius 1 is 0.981 bits per heavy atom. The predicted molar refractivity (Wildman–Crippen MR) is 204 cm³/mol. The van der Waals surface area contributed by atoms with E-state index >= 15 is 4.39 Å². The van der Waals surface area contributed by atoms with E-state index in [4.69, 9.17) is 24.2 Å². The van der Waals surface area contributed by atoms with Gasteiger partial charge in [0.15, 0.2) is 11.6 Å². The summed E-state index contributed by atoms with van der Waals surface area (Å²) in [6.45, 7) is 15.3. The van der Waals surface area contributed by atoms with Gasteiger partial charge in [0.05, 0.1) is 5.39 Å². The molecule has 0 spiro atoms. The number of halogens is 1. The summed E-state index contributed by atoms with van der Waals surface area (Å²) in [7, 11) is 0. The van der Waals surface area contributed by atoms with Crippen molar-refractivity contribution in [3.8, 4) is 23.0 Å². The van der Waals surface area contributed by atoms with Gasteiger partial charge in [-0.3, -0.25) is 9.88 Å². The van der Waals surface area contributed by atoms with E-state index in [9.17, 15) is 5.11 Å². The number of fused-ring (bicyclic) bond motifs is 5. The topological polar surface area (TPSA) is 116 Å². The minimum absolute atomic E-state index is 0.0630. The summed E-state index contributed by atoms with van der Waals surface area (Å²) in [6, 6.07) is 12.3. The minimum Gasteiger partial charge on any atom is -0.508 e. The molecular weight excluding hydrogens is 672 g/mol. The fraction of sp³-hybridized carbons (Fsp3) is 0.512. The van der Waals surface area contributed by atoms with Crippen LogP contribution >= 0.6 is 0 Å². The fourth-order valence-corrected chi connectivity index (χ4v) is 9.15. The molecule has 2 aromatic carbocycles. The first-order valence-corrected chi connectivity index (χ1v) is 19.4. The number of phenols is 1. The summed E-state index contributed by atoms with van der Waals surface area (Å²) in [5.74, 6) is 4.05. The van der Waals surface area contributed by atoms with Crippen LogP contribution in [0, 0.1) is 23.6 Å². The number of nitrogens with zero attached hydrogens (tertiary/aromatic N) is 7. The van der Waals surface area contributed by atoms with Gasteiger partial charge in [-0.25, -0.2) is 4.39 Å². The number of anilines is 2. The molecule has 4 aliphatic rings. The van der Waals surface area contributed by atoms with Gasteiger partial charge >= 0.3 is 6.01 Å². The predicted octanol–water partition coefficient (Wildman–Crippen LogP) is 6.39. The van der Waals surface area contributed by atoms with E-state index in [2.05, 4.69) is 58.9 Å². The highest BCUT2D eigenvalue weighted by molar-refractivity contribution is 6.01. The first kappa shape index (κ1) is 34.2. The minimum atomic E-state index is -0.540. The van der Waals surface area contributed by atoms with E-state index in [1.165, 1.54) is 0 Å². The van der Waals surface area contributed by atoms with Gasteiger partial charge in [0.1, 0.15) is 35.1 Å². The van der Waals surface area contributed by atoms with E-state index < -0.39 is 5.82 Å². The highest BCUT2D eigenvalue weighted by atomic mass is 19.1. The van der Waals surface area contributed by atoms with Crippen LogP contribution in [0.3, 0.4) is 0 Å². The summed E-state index contributed by atoms with van der Waals surface area (Å²) >= 11 is 0. The van der Waals surface area contributed by atoms with Crippen LogP contribution in [0.4, 0.5) is 16.0 Å². The van der Waals surface area contributed by atoms with Gasteiger partial charge in [-0.1, -0.05) is 51.1 Å². The lowest BCUT2D eigenvalue weighted by atomic mass is 9.95. The van der Waals surface area contributed by atoms with Crippen molar-refractivity contribution < 1.29 is 18.8 Å². The zero-order chi connectivity index (χ0) is 36.4. The van der Waals surface area contributed by atoms with Crippen molar-refractivity contribution in [2.75, 3.05) is 62.2 Å². The van der Waals surface area contributed by atoms with Crippen molar-refractivity contribution in [1.29, 1.82) is 0 Å². The van der Waals surface area contributed by atoms with Crippen LogP contribution in [0.2, 0.25) is 0 Å². The lowest BCUT2D eigenvalue weighted by molar-refractivity contribution is 0.218. The van der Waals surface area contributed by atoms with Crippen molar-refractivity contribution in [2.45, 2.75) is 65.0 Å². The number of likely N-dealkylation sites (tertiary alicyclic amines) is 1. The van der Waals surface area contributed by atoms with E-state index in [1.807, 2.05) is 18.2 Å². The van der Waals surface area contributed by atoms with Gasteiger partial charge in [-0.2, -0.15) is 9.97 Å². The third-order valence-corrected chi connectivity index (χ3v) is 12.3. The van der Waals surface area contributed by atoms with Crippen molar-refractivity contribution >= 4 is 33.3 Å². The molecule has 0 radical (unpaired) electrons. The van der Waals surface area contributed by atoms with Gasteiger partial charge in [0.2, 0.25) is 0 Å². The van der Waals surface area contributed by atoms with Crippen LogP contribution in [0.15, 0.2) is 47.1 Å². The molecule has 0 aliphatic carbocycles. The molecule has 4 saturated heterocycles. The summed E-state index contributed by atoms with van der Waals surface area (Å²) in [4.78, 5) is 21.4. The molecule has 7 heterocycles. The smallest absolute Gasteiger partial charge is 0.319 e. The molecule has 12 heteroatoms. The first-order chi connectivity index (χ1) is 25.7. The lowest BCUT2D eigenvalue weighted by Crippen LogP contribution is -2.51. The Balaban J connectivity index is 0.957. The quantitative estimate of drug-likeness (QED) is 0.167. The highest BCUT2D eigenvalue weighted by Gasteiger charge is 2.41. The molecule has 4 fully saturated rings. The molecule has 9 rings (SSSR count). The number of piperazine rings is 1. The number of pyridine rings is 1. The number of aromatic hydroxyl groups is 1. The average Bonchev–Trinajstić information content (AvgIpc) is 3.95. The van der Waals surface area contributed by atoms with Crippen LogP contribution in [0.25, 0.3) is 32.9 Å². The molecular formula is C41H49FN8O3. The van der Waals surface area contributed by atoms with Gasteiger partial charge in [-0.05, 0) is 65.5 Å². The Kier molecular flexibility index (Phi) is 8.85. The Morgan fingerprint density at radius 2 is 1.75 bits per heavy atom. The maximum absolute atomic E-state index is 16.9. The van der Waals surface area contributed by atoms with Crippen LogP contribution < -0.4 is 19.9 Å². The summed E-state index contributed by atoms with van der Waals surface area (Å²) in [5.41, 5.74) is 1.95. The Morgan fingerprint density at radius 3 is 2.49 bits per heavy atom. The van der Waals surface area contributed by atoms with Crippen LogP contribution in [-0.2, 0) is 6.42 Å². The molecule has 278 valence electrons. The third kappa shape index (κ3) is 6.33. The Labute approximate surface area is 309 Å². The maximum atomic E-state index is 16.9. The van der Waals surface area contributed by atoms with Gasteiger partial charge in [0, 0.05) is 81.6 Å². The zero-order valence-corrected chi connectivity index (χ0v) is 31.1. The van der Waals surface area contributed by atoms with Crippen molar-refractivity contribution in [3.05, 3.63) is 59.7 Å². The summed E-state index contributed by atoms with van der Waals surface area (Å²) in [5, 5.41) is 21.1. The normalized spacial score (nSPS) is 23.5. The molecule has 5 unspecified atom stereocenters. The van der Waals surface area contributed by atoms with Crippen molar-refractivity contribution in [2.24, 2.45) is 17.8 Å². The number of rotatable bonds is 10. The number of hydrogen-bond acceptors (Lipinski definition) is 11. The van der Waals surface area contributed by atoms with E-state index in [0.29, 0.717) is 59.1 Å². The van der Waals surface area contributed by atoms with Crippen molar-refractivity contribution in [1.82, 2.24) is 30.3 Å². The summed E-state index contributed by atoms with van der Waals surface area (Å²) < 4.78 is 28.9. The molecule has 2 bridgehead atoms. The van der Waals surface area contributed by atoms with E-state index in [0.717, 1.165) is 93.0 Å². The second-order valence-corrected chi connectivity index (χ2v) is 16.1. The molecule has 5 aromatic rings. The van der Waals surface area contributed by atoms with Crippen LogP contribution in [-0.4, -0.2) is 94.6 Å². The van der Waals surface area contributed by atoms with Crippen LogP contribution in [0.5, 0.6) is 11.8 Å². The van der Waals surface area contributed by atoms with Gasteiger partial charge < -0.3 is 29.5 Å². The molecule has 3 aromatic heterocycles.